The maximum absolute atomic E-state index is 11.9. The van der Waals surface area contributed by atoms with Gasteiger partial charge in [0, 0.05) is 18.5 Å². The smallest absolute Gasteiger partial charge is 0.254 e. The molecule has 0 radical (unpaired) electrons. The number of hydrogen-bond acceptors (Lipinski definition) is 2. The Bertz CT molecular complexity index is 426. The van der Waals surface area contributed by atoms with E-state index in [2.05, 4.69) is 0 Å². The van der Waals surface area contributed by atoms with E-state index in [0.29, 0.717) is 13.0 Å². The highest BCUT2D eigenvalue weighted by Gasteiger charge is 2.27. The molecule has 0 aromatic heterocycles. The van der Waals surface area contributed by atoms with E-state index < -0.39 is 0 Å². The van der Waals surface area contributed by atoms with Crippen molar-refractivity contribution in [2.24, 2.45) is 0 Å². The van der Waals surface area contributed by atoms with Gasteiger partial charge >= 0.3 is 0 Å². The number of rotatable bonds is 4. The van der Waals surface area contributed by atoms with Crippen molar-refractivity contribution in [2.45, 2.75) is 26.3 Å². The molecule has 0 atom stereocenters. The first-order chi connectivity index (χ1) is 7.72. The van der Waals surface area contributed by atoms with Crippen molar-refractivity contribution in [3.05, 3.63) is 35.4 Å². The molecule has 1 amide bonds. The molecule has 0 bridgehead atoms. The van der Waals surface area contributed by atoms with Crippen LogP contribution in [0.3, 0.4) is 0 Å². The second-order valence-corrected chi connectivity index (χ2v) is 4.11. The van der Waals surface area contributed by atoms with Gasteiger partial charge in [-0.15, -0.1) is 0 Å². The zero-order chi connectivity index (χ0) is 11.5. The summed E-state index contributed by atoms with van der Waals surface area (Å²) in [5.41, 5.74) is 1.77. The van der Waals surface area contributed by atoms with Crippen molar-refractivity contribution in [3.63, 3.8) is 0 Å². The molecule has 3 nitrogen and oxygen atoms in total. The molecule has 0 aliphatic carbocycles. The monoisotopic (exact) mass is 217 g/mol. The first-order valence-electron chi connectivity index (χ1n) is 5.61. The Kier molecular flexibility index (Phi) is 3.04. The first kappa shape index (κ1) is 10.9. The van der Waals surface area contributed by atoms with Gasteiger partial charge in [0.15, 0.2) is 5.78 Å². The standard InChI is InChI=1S/C13H15NO2/c1-2-5-11(15)9-14-8-10-6-3-4-7-12(10)13(14)16/h3-4,6-7H,2,5,8-9H2,1H3. The second kappa shape index (κ2) is 4.47. The fourth-order valence-electron chi connectivity index (χ4n) is 2.01. The van der Waals surface area contributed by atoms with Crippen molar-refractivity contribution < 1.29 is 9.59 Å². The van der Waals surface area contributed by atoms with Gasteiger partial charge in [0.1, 0.15) is 0 Å². The summed E-state index contributed by atoms with van der Waals surface area (Å²) >= 11 is 0. The van der Waals surface area contributed by atoms with E-state index in [0.717, 1.165) is 17.5 Å². The van der Waals surface area contributed by atoms with Crippen LogP contribution in [0.25, 0.3) is 0 Å². The van der Waals surface area contributed by atoms with Crippen LogP contribution in [0.5, 0.6) is 0 Å². The largest absolute Gasteiger partial charge is 0.327 e. The third-order valence-electron chi connectivity index (χ3n) is 2.79. The summed E-state index contributed by atoms with van der Waals surface area (Å²) < 4.78 is 0. The average molecular weight is 217 g/mol. The SMILES string of the molecule is CCCC(=O)CN1Cc2ccccc2C1=O. The van der Waals surface area contributed by atoms with E-state index in [1.807, 2.05) is 31.2 Å². The maximum Gasteiger partial charge on any atom is 0.254 e. The molecule has 2 rings (SSSR count). The van der Waals surface area contributed by atoms with E-state index in [-0.39, 0.29) is 18.2 Å². The maximum atomic E-state index is 11.9. The zero-order valence-corrected chi connectivity index (χ0v) is 9.40. The number of carbonyl (C=O) groups excluding carboxylic acids is 2. The molecule has 0 fully saturated rings. The molecule has 0 spiro atoms. The Morgan fingerprint density at radius 1 is 1.38 bits per heavy atom. The summed E-state index contributed by atoms with van der Waals surface area (Å²) in [4.78, 5) is 25.0. The molecule has 3 heteroatoms. The lowest BCUT2D eigenvalue weighted by atomic mass is 10.1. The molecule has 16 heavy (non-hydrogen) atoms. The summed E-state index contributed by atoms with van der Waals surface area (Å²) in [5.74, 6) is 0.128. The molecule has 1 aliphatic rings. The van der Waals surface area contributed by atoms with Crippen LogP contribution in [0, 0.1) is 0 Å². The van der Waals surface area contributed by atoms with Gasteiger partial charge in [-0.05, 0) is 18.1 Å². The van der Waals surface area contributed by atoms with E-state index >= 15 is 0 Å². The predicted octanol–water partition coefficient (Wildman–Crippen LogP) is 2.01. The van der Waals surface area contributed by atoms with Gasteiger partial charge in [-0.2, -0.15) is 0 Å². The van der Waals surface area contributed by atoms with Crippen LogP contribution >= 0.6 is 0 Å². The molecule has 84 valence electrons. The van der Waals surface area contributed by atoms with Crippen LogP contribution in [0.1, 0.15) is 35.7 Å². The lowest BCUT2D eigenvalue weighted by Crippen LogP contribution is -2.29. The summed E-state index contributed by atoms with van der Waals surface area (Å²) in [7, 11) is 0. The molecule has 0 N–H and O–H groups in total. The number of Topliss-reactive ketones (excluding diaryl/α,β-unsaturated/α-hetero) is 1. The lowest BCUT2D eigenvalue weighted by molar-refractivity contribution is -0.119. The highest BCUT2D eigenvalue weighted by atomic mass is 16.2. The van der Waals surface area contributed by atoms with Gasteiger partial charge in [-0.3, -0.25) is 9.59 Å². The van der Waals surface area contributed by atoms with Gasteiger partial charge in [0.05, 0.1) is 6.54 Å². The predicted molar refractivity (Wildman–Crippen MR) is 61.1 cm³/mol. The minimum Gasteiger partial charge on any atom is -0.327 e. The Morgan fingerprint density at radius 2 is 2.12 bits per heavy atom. The molecule has 1 heterocycles. The van der Waals surface area contributed by atoms with E-state index in [9.17, 15) is 9.59 Å². The molecule has 0 unspecified atom stereocenters. The second-order valence-electron chi connectivity index (χ2n) is 4.11. The fraction of sp³-hybridized carbons (Fsp3) is 0.385. The van der Waals surface area contributed by atoms with Crippen LogP contribution in [0.15, 0.2) is 24.3 Å². The van der Waals surface area contributed by atoms with Crippen LogP contribution in [0.4, 0.5) is 0 Å². The summed E-state index contributed by atoms with van der Waals surface area (Å²) in [6, 6.07) is 7.54. The quantitative estimate of drug-likeness (QED) is 0.773. The minimum absolute atomic E-state index is 0.0138. The Hall–Kier alpha value is -1.64. The van der Waals surface area contributed by atoms with Gasteiger partial charge in [0.25, 0.3) is 5.91 Å². The first-order valence-corrected chi connectivity index (χ1v) is 5.61. The number of hydrogen-bond donors (Lipinski definition) is 0. The van der Waals surface area contributed by atoms with Crippen molar-refractivity contribution >= 4 is 11.7 Å². The minimum atomic E-state index is -0.0138. The number of nitrogens with zero attached hydrogens (tertiary/aromatic N) is 1. The number of carbonyl (C=O) groups is 2. The van der Waals surface area contributed by atoms with E-state index in [4.69, 9.17) is 0 Å². The van der Waals surface area contributed by atoms with Crippen LogP contribution in [0.2, 0.25) is 0 Å². The van der Waals surface area contributed by atoms with Crippen molar-refractivity contribution in [3.8, 4) is 0 Å². The topological polar surface area (TPSA) is 37.4 Å². The number of ketones is 1. The Morgan fingerprint density at radius 3 is 2.81 bits per heavy atom. The molecule has 0 saturated heterocycles. The Balaban J connectivity index is 2.07. The number of amides is 1. The number of fused-ring (bicyclic) bond motifs is 1. The normalized spacial score (nSPS) is 14.1. The highest BCUT2D eigenvalue weighted by Crippen LogP contribution is 2.21. The van der Waals surface area contributed by atoms with Crippen molar-refractivity contribution in [1.82, 2.24) is 4.90 Å². The van der Waals surface area contributed by atoms with Crippen LogP contribution < -0.4 is 0 Å². The van der Waals surface area contributed by atoms with Gasteiger partial charge in [-0.1, -0.05) is 25.1 Å². The highest BCUT2D eigenvalue weighted by molar-refractivity contribution is 6.00. The molecule has 1 aromatic rings. The molecule has 0 saturated carbocycles. The van der Waals surface area contributed by atoms with Crippen molar-refractivity contribution in [2.75, 3.05) is 6.54 Å². The van der Waals surface area contributed by atoms with Gasteiger partial charge < -0.3 is 4.90 Å². The third kappa shape index (κ3) is 1.98. The zero-order valence-electron chi connectivity index (χ0n) is 9.40. The van der Waals surface area contributed by atoms with Crippen molar-refractivity contribution in [1.29, 1.82) is 0 Å². The third-order valence-corrected chi connectivity index (χ3v) is 2.79. The molecular weight excluding hydrogens is 202 g/mol. The fourth-order valence-corrected chi connectivity index (χ4v) is 2.01. The summed E-state index contributed by atoms with van der Waals surface area (Å²) in [5, 5.41) is 0. The van der Waals surface area contributed by atoms with E-state index in [1.54, 1.807) is 4.90 Å². The number of benzene rings is 1. The van der Waals surface area contributed by atoms with Crippen LogP contribution in [-0.4, -0.2) is 23.1 Å². The van der Waals surface area contributed by atoms with Gasteiger partial charge in [-0.25, -0.2) is 0 Å². The van der Waals surface area contributed by atoms with E-state index in [1.165, 1.54) is 0 Å². The molecular formula is C13H15NO2. The van der Waals surface area contributed by atoms with Gasteiger partial charge in [0.2, 0.25) is 0 Å². The Labute approximate surface area is 95.1 Å². The molecule has 1 aromatic carbocycles. The lowest BCUT2D eigenvalue weighted by Gasteiger charge is -2.13. The van der Waals surface area contributed by atoms with Crippen LogP contribution in [-0.2, 0) is 11.3 Å². The summed E-state index contributed by atoms with van der Waals surface area (Å²) in [6.07, 6.45) is 1.40. The molecule has 1 aliphatic heterocycles. The average Bonchev–Trinajstić information content (AvgIpc) is 2.57. The summed E-state index contributed by atoms with van der Waals surface area (Å²) in [6.45, 7) is 2.80.